The molecule has 0 radical (unpaired) electrons. The highest BCUT2D eigenvalue weighted by atomic mass is 35.5. The standard InChI is InChI=1S/C9H12ClN3O/c10-7-11-6-9(14)13-12-8-4-2-1-3-5-8/h1-5,11-12H,6-7H2,(H,13,14). The molecule has 0 aliphatic heterocycles. The van der Waals surface area contributed by atoms with Crippen LogP contribution in [0.5, 0.6) is 0 Å². The first-order chi connectivity index (χ1) is 6.83. The summed E-state index contributed by atoms with van der Waals surface area (Å²) in [5.74, 6) is -0.158. The summed E-state index contributed by atoms with van der Waals surface area (Å²) in [6, 6.07) is 9.64. The molecule has 0 saturated heterocycles. The van der Waals surface area contributed by atoms with E-state index in [0.717, 1.165) is 5.69 Å². The topological polar surface area (TPSA) is 53.2 Å². The highest BCUT2D eigenvalue weighted by Crippen LogP contribution is 2.01. The molecule has 0 bridgehead atoms. The third-order valence-corrected chi connectivity index (χ3v) is 1.69. The number of nitrogens with one attached hydrogen (secondary N) is 3. The molecule has 0 aromatic heterocycles. The minimum atomic E-state index is -0.158. The van der Waals surface area contributed by atoms with Crippen molar-refractivity contribution in [2.45, 2.75) is 0 Å². The van der Waals surface area contributed by atoms with Crippen LogP contribution in [0.3, 0.4) is 0 Å². The van der Waals surface area contributed by atoms with Gasteiger partial charge in [-0.05, 0) is 12.1 Å². The Balaban J connectivity index is 2.24. The van der Waals surface area contributed by atoms with Crippen LogP contribution in [0.2, 0.25) is 0 Å². The fraction of sp³-hybridized carbons (Fsp3) is 0.222. The molecule has 4 nitrogen and oxygen atoms in total. The Morgan fingerprint density at radius 1 is 1.29 bits per heavy atom. The molecule has 0 aliphatic rings. The number of anilines is 1. The SMILES string of the molecule is O=C(CNCCl)NNc1ccccc1. The monoisotopic (exact) mass is 213 g/mol. The molecular formula is C9H12ClN3O. The van der Waals surface area contributed by atoms with Gasteiger partial charge in [-0.2, -0.15) is 0 Å². The molecule has 14 heavy (non-hydrogen) atoms. The second-order valence-corrected chi connectivity index (χ2v) is 2.87. The van der Waals surface area contributed by atoms with E-state index in [1.807, 2.05) is 30.3 Å². The van der Waals surface area contributed by atoms with Gasteiger partial charge in [-0.3, -0.25) is 21.0 Å². The van der Waals surface area contributed by atoms with Crippen LogP contribution in [-0.2, 0) is 4.79 Å². The highest BCUT2D eigenvalue weighted by Gasteiger charge is 1.97. The Morgan fingerprint density at radius 2 is 2.00 bits per heavy atom. The van der Waals surface area contributed by atoms with Crippen LogP contribution in [0.4, 0.5) is 5.69 Å². The lowest BCUT2D eigenvalue weighted by atomic mass is 10.3. The van der Waals surface area contributed by atoms with Crippen LogP contribution >= 0.6 is 11.6 Å². The molecule has 5 heteroatoms. The number of carbonyl (C=O) groups excluding carboxylic acids is 1. The number of alkyl halides is 1. The third-order valence-electron chi connectivity index (χ3n) is 1.50. The minimum Gasteiger partial charge on any atom is -0.299 e. The van der Waals surface area contributed by atoms with Gasteiger partial charge in [-0.25, -0.2) is 0 Å². The molecule has 0 spiro atoms. The van der Waals surface area contributed by atoms with Gasteiger partial charge in [0.1, 0.15) is 0 Å². The first-order valence-electron chi connectivity index (χ1n) is 4.19. The van der Waals surface area contributed by atoms with Gasteiger partial charge in [0, 0.05) is 0 Å². The quantitative estimate of drug-likeness (QED) is 0.387. The first-order valence-corrected chi connectivity index (χ1v) is 4.73. The zero-order chi connectivity index (χ0) is 10.2. The number of halogens is 1. The van der Waals surface area contributed by atoms with Crippen molar-refractivity contribution >= 4 is 23.2 Å². The smallest absolute Gasteiger partial charge is 0.252 e. The number of benzene rings is 1. The predicted molar refractivity (Wildman–Crippen MR) is 56.9 cm³/mol. The number of para-hydroxylation sites is 1. The first kappa shape index (κ1) is 10.8. The van der Waals surface area contributed by atoms with Gasteiger partial charge < -0.3 is 0 Å². The maximum atomic E-state index is 11.1. The van der Waals surface area contributed by atoms with Crippen molar-refractivity contribution in [3.05, 3.63) is 30.3 Å². The average molecular weight is 214 g/mol. The maximum Gasteiger partial charge on any atom is 0.252 e. The summed E-state index contributed by atoms with van der Waals surface area (Å²) in [5.41, 5.74) is 6.13. The molecule has 1 aromatic rings. The maximum absolute atomic E-state index is 11.1. The summed E-state index contributed by atoms with van der Waals surface area (Å²) in [4.78, 5) is 11.1. The van der Waals surface area contributed by atoms with Crippen molar-refractivity contribution in [1.29, 1.82) is 0 Å². The molecule has 0 fully saturated rings. The summed E-state index contributed by atoms with van der Waals surface area (Å²) in [6.45, 7) is 0.198. The molecule has 0 aliphatic carbocycles. The number of hydrazine groups is 1. The molecule has 1 rings (SSSR count). The second-order valence-electron chi connectivity index (χ2n) is 2.60. The zero-order valence-corrected chi connectivity index (χ0v) is 8.34. The Morgan fingerprint density at radius 3 is 2.64 bits per heavy atom. The molecule has 76 valence electrons. The van der Waals surface area contributed by atoms with E-state index in [1.165, 1.54) is 0 Å². The zero-order valence-electron chi connectivity index (χ0n) is 7.59. The lowest BCUT2D eigenvalue weighted by molar-refractivity contribution is -0.119. The van der Waals surface area contributed by atoms with Crippen molar-refractivity contribution in [2.24, 2.45) is 0 Å². The lowest BCUT2D eigenvalue weighted by Crippen LogP contribution is -2.36. The van der Waals surface area contributed by atoms with E-state index in [0.29, 0.717) is 0 Å². The predicted octanol–water partition coefficient (Wildman–Crippen LogP) is 0.916. The van der Waals surface area contributed by atoms with Crippen molar-refractivity contribution in [1.82, 2.24) is 10.7 Å². The van der Waals surface area contributed by atoms with Gasteiger partial charge in [0.2, 0.25) is 0 Å². The van der Waals surface area contributed by atoms with Crippen LogP contribution in [0.1, 0.15) is 0 Å². The number of rotatable bonds is 5. The van der Waals surface area contributed by atoms with Crippen molar-refractivity contribution in [2.75, 3.05) is 18.0 Å². The van der Waals surface area contributed by atoms with Crippen LogP contribution in [-0.4, -0.2) is 18.5 Å². The fourth-order valence-corrected chi connectivity index (χ4v) is 0.963. The molecule has 1 amide bonds. The molecule has 3 N–H and O–H groups in total. The summed E-state index contributed by atoms with van der Waals surface area (Å²) in [6.07, 6.45) is 0. The fourth-order valence-electron chi connectivity index (χ4n) is 0.868. The van der Waals surface area contributed by atoms with E-state index in [4.69, 9.17) is 11.6 Å². The Labute approximate surface area is 87.6 Å². The number of carbonyl (C=O) groups is 1. The molecule has 1 aromatic carbocycles. The van der Waals surface area contributed by atoms with E-state index in [9.17, 15) is 4.79 Å². The van der Waals surface area contributed by atoms with Gasteiger partial charge in [-0.1, -0.05) is 18.2 Å². The van der Waals surface area contributed by atoms with Gasteiger partial charge in [0.05, 0.1) is 18.2 Å². The molecule has 0 saturated carbocycles. The van der Waals surface area contributed by atoms with E-state index in [1.54, 1.807) is 0 Å². The van der Waals surface area contributed by atoms with E-state index in [2.05, 4.69) is 16.2 Å². The number of hydrogen-bond acceptors (Lipinski definition) is 3. The van der Waals surface area contributed by atoms with Crippen LogP contribution in [0, 0.1) is 0 Å². The second kappa shape index (κ2) is 6.23. The third kappa shape index (κ3) is 4.11. The summed E-state index contributed by atoms with van der Waals surface area (Å²) in [7, 11) is 0. The van der Waals surface area contributed by atoms with Gasteiger partial charge >= 0.3 is 0 Å². The van der Waals surface area contributed by atoms with Gasteiger partial charge in [0.25, 0.3) is 5.91 Å². The Bertz CT molecular complexity index is 279. The molecule has 0 heterocycles. The van der Waals surface area contributed by atoms with Gasteiger partial charge in [-0.15, -0.1) is 11.6 Å². The summed E-state index contributed by atoms with van der Waals surface area (Å²) < 4.78 is 0. The van der Waals surface area contributed by atoms with Crippen molar-refractivity contribution in [3.8, 4) is 0 Å². The largest absolute Gasteiger partial charge is 0.299 e. The molecule has 0 atom stereocenters. The Hall–Kier alpha value is -1.26. The van der Waals surface area contributed by atoms with E-state index >= 15 is 0 Å². The van der Waals surface area contributed by atoms with Crippen LogP contribution in [0.15, 0.2) is 30.3 Å². The van der Waals surface area contributed by atoms with Crippen LogP contribution in [0.25, 0.3) is 0 Å². The Kier molecular flexibility index (Phi) is 4.82. The lowest BCUT2D eigenvalue weighted by Gasteiger charge is -2.07. The summed E-state index contributed by atoms with van der Waals surface area (Å²) in [5, 5.41) is 2.70. The van der Waals surface area contributed by atoms with Crippen molar-refractivity contribution in [3.63, 3.8) is 0 Å². The van der Waals surface area contributed by atoms with Gasteiger partial charge in [0.15, 0.2) is 0 Å². The molecule has 0 unspecified atom stereocenters. The average Bonchev–Trinajstić information content (AvgIpc) is 2.25. The normalized spacial score (nSPS) is 9.50. The van der Waals surface area contributed by atoms with Crippen molar-refractivity contribution < 1.29 is 4.79 Å². The number of amides is 1. The minimum absolute atomic E-state index is 0.158. The highest BCUT2D eigenvalue weighted by molar-refractivity contribution is 6.17. The molecular weight excluding hydrogens is 202 g/mol. The van der Waals surface area contributed by atoms with Crippen LogP contribution < -0.4 is 16.2 Å². The van der Waals surface area contributed by atoms with E-state index < -0.39 is 0 Å². The number of hydrogen-bond donors (Lipinski definition) is 3. The van der Waals surface area contributed by atoms with E-state index in [-0.39, 0.29) is 18.5 Å². The summed E-state index contributed by atoms with van der Waals surface area (Å²) >= 11 is 5.35.